The molecule has 1 heterocycles. The van der Waals surface area contributed by atoms with Crippen molar-refractivity contribution in [2.75, 3.05) is 23.7 Å². The molecule has 0 aromatic heterocycles. The first-order valence-electron chi connectivity index (χ1n) is 10.6. The highest BCUT2D eigenvalue weighted by atomic mass is 32.2. The van der Waals surface area contributed by atoms with Crippen molar-refractivity contribution in [1.82, 2.24) is 10.2 Å². The maximum Gasteiger partial charge on any atom is 0.243 e. The van der Waals surface area contributed by atoms with Crippen molar-refractivity contribution in [3.05, 3.63) is 65.5 Å². The van der Waals surface area contributed by atoms with Gasteiger partial charge in [0, 0.05) is 13.1 Å². The van der Waals surface area contributed by atoms with Gasteiger partial charge in [-0.3, -0.25) is 14.0 Å². The standard InChI is InChI=1S/C23H30FN3O3S/c1-18(27(31(2,29)30)22-12-8-11-21(24)15-22)23(28)25-16-19-9-4-5-10-20(19)17-26-13-6-3-7-14-26/h4-5,8-12,15,18H,3,6-7,13-14,16-17H2,1-2H3,(H,25,28)/t18-/m0/s1. The SMILES string of the molecule is C[C@@H](C(=O)NCc1ccccc1CN1CCCCC1)N(c1cccc(F)c1)S(C)(=O)=O. The third-order valence-corrected chi connectivity index (χ3v) is 6.81. The number of hydrogen-bond donors (Lipinski definition) is 1. The number of nitrogens with one attached hydrogen (secondary N) is 1. The lowest BCUT2D eigenvalue weighted by atomic mass is 10.0. The maximum atomic E-state index is 13.7. The lowest BCUT2D eigenvalue weighted by molar-refractivity contribution is -0.122. The van der Waals surface area contributed by atoms with Crippen LogP contribution in [0.2, 0.25) is 0 Å². The molecule has 1 saturated heterocycles. The molecule has 0 unspecified atom stereocenters. The van der Waals surface area contributed by atoms with Gasteiger partial charge in [-0.1, -0.05) is 36.8 Å². The predicted octanol–water partition coefficient (Wildman–Crippen LogP) is 3.28. The molecule has 8 heteroatoms. The van der Waals surface area contributed by atoms with E-state index in [1.807, 2.05) is 18.2 Å². The molecule has 1 atom stereocenters. The molecule has 2 aromatic carbocycles. The molecule has 1 N–H and O–H groups in total. The van der Waals surface area contributed by atoms with E-state index >= 15 is 0 Å². The zero-order valence-electron chi connectivity index (χ0n) is 18.1. The summed E-state index contributed by atoms with van der Waals surface area (Å²) in [5, 5.41) is 2.86. The van der Waals surface area contributed by atoms with Crippen LogP contribution in [0.5, 0.6) is 0 Å². The molecule has 31 heavy (non-hydrogen) atoms. The van der Waals surface area contributed by atoms with Crippen molar-refractivity contribution < 1.29 is 17.6 Å². The van der Waals surface area contributed by atoms with Crippen LogP contribution in [0.1, 0.15) is 37.3 Å². The molecule has 1 fully saturated rings. The Labute approximate surface area is 184 Å². The Hall–Kier alpha value is -2.45. The number of hydrogen-bond acceptors (Lipinski definition) is 4. The second-order valence-corrected chi connectivity index (χ2v) is 9.90. The summed E-state index contributed by atoms with van der Waals surface area (Å²) in [6.07, 6.45) is 4.69. The van der Waals surface area contributed by atoms with Crippen LogP contribution in [0.15, 0.2) is 48.5 Å². The van der Waals surface area contributed by atoms with Crippen LogP contribution in [-0.2, 0) is 27.9 Å². The largest absolute Gasteiger partial charge is 0.350 e. The molecule has 3 rings (SSSR count). The summed E-state index contributed by atoms with van der Waals surface area (Å²) < 4.78 is 39.3. The Morgan fingerprint density at radius 3 is 2.42 bits per heavy atom. The van der Waals surface area contributed by atoms with Gasteiger partial charge in [0.05, 0.1) is 11.9 Å². The maximum absolute atomic E-state index is 13.7. The number of amides is 1. The Balaban J connectivity index is 1.71. The quantitative estimate of drug-likeness (QED) is 0.674. The monoisotopic (exact) mass is 447 g/mol. The number of nitrogens with zero attached hydrogens (tertiary/aromatic N) is 2. The summed E-state index contributed by atoms with van der Waals surface area (Å²) in [4.78, 5) is 15.3. The second-order valence-electron chi connectivity index (χ2n) is 8.04. The highest BCUT2D eigenvalue weighted by Gasteiger charge is 2.29. The Morgan fingerprint density at radius 2 is 1.77 bits per heavy atom. The molecule has 0 radical (unpaired) electrons. The van der Waals surface area contributed by atoms with E-state index in [0.717, 1.165) is 47.4 Å². The van der Waals surface area contributed by atoms with Gasteiger partial charge in [-0.05, 0) is 62.2 Å². The van der Waals surface area contributed by atoms with Crippen LogP contribution in [-0.4, -0.2) is 44.6 Å². The van der Waals surface area contributed by atoms with E-state index < -0.39 is 27.8 Å². The zero-order chi connectivity index (χ0) is 22.4. The summed E-state index contributed by atoms with van der Waals surface area (Å²) >= 11 is 0. The number of anilines is 1. The Kier molecular flexibility index (Phi) is 7.67. The van der Waals surface area contributed by atoms with E-state index in [-0.39, 0.29) is 5.69 Å². The number of halogens is 1. The van der Waals surface area contributed by atoms with Gasteiger partial charge in [0.25, 0.3) is 0 Å². The smallest absolute Gasteiger partial charge is 0.243 e. The number of rotatable bonds is 8. The van der Waals surface area contributed by atoms with E-state index in [4.69, 9.17) is 0 Å². The topological polar surface area (TPSA) is 69.7 Å². The number of likely N-dealkylation sites (tertiary alicyclic amines) is 1. The third kappa shape index (κ3) is 6.27. The van der Waals surface area contributed by atoms with Crippen molar-refractivity contribution in [2.24, 2.45) is 0 Å². The number of piperidine rings is 1. The number of carbonyl (C=O) groups is 1. The number of carbonyl (C=O) groups excluding carboxylic acids is 1. The molecule has 0 bridgehead atoms. The highest BCUT2D eigenvalue weighted by Crippen LogP contribution is 2.22. The molecule has 168 valence electrons. The predicted molar refractivity (Wildman–Crippen MR) is 121 cm³/mol. The lowest BCUT2D eigenvalue weighted by Gasteiger charge is -2.29. The minimum absolute atomic E-state index is 0.121. The minimum Gasteiger partial charge on any atom is -0.350 e. The highest BCUT2D eigenvalue weighted by molar-refractivity contribution is 7.92. The molecular weight excluding hydrogens is 417 g/mol. The van der Waals surface area contributed by atoms with Gasteiger partial charge in [0.15, 0.2) is 0 Å². The molecule has 6 nitrogen and oxygen atoms in total. The van der Waals surface area contributed by atoms with Crippen molar-refractivity contribution >= 4 is 21.6 Å². The van der Waals surface area contributed by atoms with Crippen LogP contribution in [0.25, 0.3) is 0 Å². The fraction of sp³-hybridized carbons (Fsp3) is 0.435. The van der Waals surface area contributed by atoms with E-state index in [1.165, 1.54) is 44.4 Å². The summed E-state index contributed by atoms with van der Waals surface area (Å²) in [5.74, 6) is -1.01. The first-order chi connectivity index (χ1) is 14.8. The van der Waals surface area contributed by atoms with Crippen LogP contribution in [0, 0.1) is 5.82 Å². The van der Waals surface area contributed by atoms with Crippen LogP contribution in [0.3, 0.4) is 0 Å². The number of sulfonamides is 1. The Morgan fingerprint density at radius 1 is 1.10 bits per heavy atom. The first-order valence-corrected chi connectivity index (χ1v) is 12.4. The molecule has 1 aliphatic heterocycles. The van der Waals surface area contributed by atoms with Gasteiger partial charge in [-0.15, -0.1) is 0 Å². The van der Waals surface area contributed by atoms with E-state index in [2.05, 4.69) is 16.3 Å². The lowest BCUT2D eigenvalue weighted by Crippen LogP contribution is -2.47. The van der Waals surface area contributed by atoms with Crippen molar-refractivity contribution in [1.29, 1.82) is 0 Å². The normalized spacial score (nSPS) is 16.0. The van der Waals surface area contributed by atoms with Gasteiger partial charge in [-0.25, -0.2) is 12.8 Å². The summed E-state index contributed by atoms with van der Waals surface area (Å²) in [6.45, 7) is 4.79. The second kappa shape index (κ2) is 10.2. The summed E-state index contributed by atoms with van der Waals surface area (Å²) in [7, 11) is -3.79. The minimum atomic E-state index is -3.79. The fourth-order valence-corrected chi connectivity index (χ4v) is 5.16. The molecular formula is C23H30FN3O3S. The zero-order valence-corrected chi connectivity index (χ0v) is 18.9. The van der Waals surface area contributed by atoms with Crippen LogP contribution < -0.4 is 9.62 Å². The van der Waals surface area contributed by atoms with Crippen LogP contribution in [0.4, 0.5) is 10.1 Å². The van der Waals surface area contributed by atoms with E-state index in [9.17, 15) is 17.6 Å². The Bertz CT molecular complexity index is 1010. The fourth-order valence-electron chi connectivity index (χ4n) is 3.99. The van der Waals surface area contributed by atoms with Gasteiger partial charge in [0.1, 0.15) is 11.9 Å². The van der Waals surface area contributed by atoms with Gasteiger partial charge >= 0.3 is 0 Å². The molecule has 0 saturated carbocycles. The third-order valence-electron chi connectivity index (χ3n) is 5.57. The van der Waals surface area contributed by atoms with Crippen LogP contribution >= 0.6 is 0 Å². The van der Waals surface area contributed by atoms with Gasteiger partial charge < -0.3 is 5.32 Å². The average molecular weight is 448 g/mol. The summed E-state index contributed by atoms with van der Waals surface area (Å²) in [5.41, 5.74) is 2.28. The molecule has 1 amide bonds. The molecule has 0 aliphatic carbocycles. The van der Waals surface area contributed by atoms with Gasteiger partial charge in [0.2, 0.25) is 15.9 Å². The van der Waals surface area contributed by atoms with E-state index in [0.29, 0.717) is 6.54 Å². The van der Waals surface area contributed by atoms with Crippen molar-refractivity contribution in [3.8, 4) is 0 Å². The van der Waals surface area contributed by atoms with Crippen molar-refractivity contribution in [3.63, 3.8) is 0 Å². The summed E-state index contributed by atoms with van der Waals surface area (Å²) in [6, 6.07) is 12.2. The molecule has 2 aromatic rings. The van der Waals surface area contributed by atoms with Gasteiger partial charge in [-0.2, -0.15) is 0 Å². The van der Waals surface area contributed by atoms with E-state index in [1.54, 1.807) is 0 Å². The molecule has 1 aliphatic rings. The average Bonchev–Trinajstić information content (AvgIpc) is 2.73. The van der Waals surface area contributed by atoms with Crippen molar-refractivity contribution in [2.45, 2.75) is 45.3 Å². The first kappa shape index (κ1) is 23.2. The number of benzene rings is 2. The molecule has 0 spiro atoms.